The molecule has 0 saturated carbocycles. The summed E-state index contributed by atoms with van der Waals surface area (Å²) in [5.41, 5.74) is 0.443. The number of hydrogen-bond donors (Lipinski definition) is 2. The Morgan fingerprint density at radius 1 is 1.37 bits per heavy atom. The van der Waals surface area contributed by atoms with Crippen LogP contribution in [0.4, 0.5) is 0 Å². The van der Waals surface area contributed by atoms with Crippen molar-refractivity contribution in [2.24, 2.45) is 0 Å². The summed E-state index contributed by atoms with van der Waals surface area (Å²) in [6.07, 6.45) is 0. The molecule has 0 bridgehead atoms. The molecular formula is C17H18N2O6S2. The first-order valence-electron chi connectivity index (χ1n) is 8.05. The SMILES string of the molecule is COCC1=C(C(=O)O)N2C(=O)C(NC(=O)CS(=O)c3ccccc3)C2SC1. The standard InChI is InChI=1S/C17H18N2O6S2/c1-25-7-10-8-26-16-13(15(21)19(16)14(10)17(22)23)18-12(20)9-27(24)11-5-3-2-4-6-11/h2-6,13,16H,7-9H2,1H3,(H,18,20)(H,22,23). The van der Waals surface area contributed by atoms with E-state index in [0.29, 0.717) is 16.2 Å². The summed E-state index contributed by atoms with van der Waals surface area (Å²) in [5.74, 6) is -2.07. The molecule has 2 amide bonds. The van der Waals surface area contributed by atoms with Crippen LogP contribution in [0.1, 0.15) is 0 Å². The number of carboxylic acid groups (broad SMARTS) is 1. The summed E-state index contributed by atoms with van der Waals surface area (Å²) in [4.78, 5) is 37.9. The molecule has 1 aromatic carbocycles. The average Bonchev–Trinajstić information content (AvgIpc) is 2.66. The van der Waals surface area contributed by atoms with Gasteiger partial charge in [0, 0.05) is 17.8 Å². The Balaban J connectivity index is 1.65. The Hall–Kier alpha value is -2.17. The number of ether oxygens (including phenoxy) is 1. The smallest absolute Gasteiger partial charge is 0.352 e. The molecule has 3 unspecified atom stereocenters. The molecule has 1 fully saturated rings. The fourth-order valence-corrected chi connectivity index (χ4v) is 5.23. The third-order valence-electron chi connectivity index (χ3n) is 4.15. The Morgan fingerprint density at radius 3 is 2.70 bits per heavy atom. The van der Waals surface area contributed by atoms with Gasteiger partial charge in [0.1, 0.15) is 22.9 Å². The van der Waals surface area contributed by atoms with Crippen molar-refractivity contribution in [2.75, 3.05) is 25.2 Å². The maximum absolute atomic E-state index is 12.4. The lowest BCUT2D eigenvalue weighted by atomic mass is 10.0. The second-order valence-corrected chi connectivity index (χ2v) is 8.50. The number of benzene rings is 1. The largest absolute Gasteiger partial charge is 0.477 e. The molecule has 3 atom stereocenters. The van der Waals surface area contributed by atoms with Gasteiger partial charge >= 0.3 is 5.97 Å². The maximum atomic E-state index is 12.4. The second-order valence-electron chi connectivity index (χ2n) is 5.95. The van der Waals surface area contributed by atoms with E-state index in [-0.39, 0.29) is 18.1 Å². The monoisotopic (exact) mass is 410 g/mol. The number of hydrogen-bond acceptors (Lipinski definition) is 6. The fraction of sp³-hybridized carbons (Fsp3) is 0.353. The van der Waals surface area contributed by atoms with E-state index in [1.54, 1.807) is 30.3 Å². The first-order chi connectivity index (χ1) is 12.9. The molecule has 10 heteroatoms. The summed E-state index contributed by atoms with van der Waals surface area (Å²) in [5, 5.41) is 11.5. The highest BCUT2D eigenvalue weighted by Crippen LogP contribution is 2.40. The number of carbonyl (C=O) groups excluding carboxylic acids is 2. The van der Waals surface area contributed by atoms with Crippen molar-refractivity contribution in [1.82, 2.24) is 10.2 Å². The van der Waals surface area contributed by atoms with Gasteiger partial charge in [-0.25, -0.2) is 4.79 Å². The number of amides is 2. The molecule has 0 aromatic heterocycles. The van der Waals surface area contributed by atoms with Crippen molar-refractivity contribution in [3.05, 3.63) is 41.6 Å². The van der Waals surface area contributed by atoms with E-state index in [1.807, 2.05) is 0 Å². The van der Waals surface area contributed by atoms with Crippen molar-refractivity contribution in [2.45, 2.75) is 16.3 Å². The molecule has 0 spiro atoms. The summed E-state index contributed by atoms with van der Waals surface area (Å²) < 4.78 is 17.2. The Bertz CT molecular complexity index is 826. The van der Waals surface area contributed by atoms with Crippen LogP contribution in [0.15, 0.2) is 46.5 Å². The molecular weight excluding hydrogens is 392 g/mol. The second kappa shape index (κ2) is 8.24. The molecule has 2 aliphatic heterocycles. The van der Waals surface area contributed by atoms with Crippen LogP contribution in [0.25, 0.3) is 0 Å². The van der Waals surface area contributed by atoms with Gasteiger partial charge in [0.2, 0.25) is 5.91 Å². The average molecular weight is 410 g/mol. The minimum Gasteiger partial charge on any atom is -0.477 e. The summed E-state index contributed by atoms with van der Waals surface area (Å²) in [6, 6.07) is 7.75. The lowest BCUT2D eigenvalue weighted by molar-refractivity contribution is -0.150. The normalized spacial score (nSPS) is 22.7. The fourth-order valence-electron chi connectivity index (χ4n) is 2.96. The van der Waals surface area contributed by atoms with E-state index in [1.165, 1.54) is 23.8 Å². The number of rotatable bonds is 7. The predicted octanol–water partition coefficient (Wildman–Crippen LogP) is 0.179. The van der Waals surface area contributed by atoms with Gasteiger partial charge in [-0.2, -0.15) is 0 Å². The Labute approximate surface area is 162 Å². The van der Waals surface area contributed by atoms with Gasteiger partial charge < -0.3 is 15.2 Å². The molecule has 8 nitrogen and oxygen atoms in total. The highest BCUT2D eigenvalue weighted by atomic mass is 32.2. The highest BCUT2D eigenvalue weighted by Gasteiger charge is 2.54. The third kappa shape index (κ3) is 3.92. The van der Waals surface area contributed by atoms with Gasteiger partial charge in [0.25, 0.3) is 5.91 Å². The van der Waals surface area contributed by atoms with Crippen molar-refractivity contribution in [3.8, 4) is 0 Å². The number of carbonyl (C=O) groups is 3. The van der Waals surface area contributed by atoms with E-state index < -0.39 is 40.0 Å². The molecule has 144 valence electrons. The molecule has 3 rings (SSSR count). The van der Waals surface area contributed by atoms with E-state index in [9.17, 15) is 23.7 Å². The lowest BCUT2D eigenvalue weighted by Gasteiger charge is -2.49. The number of thioether (sulfide) groups is 1. The van der Waals surface area contributed by atoms with E-state index in [2.05, 4.69) is 5.32 Å². The van der Waals surface area contributed by atoms with Crippen LogP contribution in [0.2, 0.25) is 0 Å². The molecule has 2 N–H and O–H groups in total. The van der Waals surface area contributed by atoms with Crippen molar-refractivity contribution >= 4 is 40.3 Å². The van der Waals surface area contributed by atoms with Gasteiger partial charge in [-0.05, 0) is 17.7 Å². The number of β-lactam (4-membered cyclic amide) rings is 1. The van der Waals surface area contributed by atoms with Gasteiger partial charge in [0.15, 0.2) is 0 Å². The van der Waals surface area contributed by atoms with Crippen LogP contribution in [0.3, 0.4) is 0 Å². The first-order valence-corrected chi connectivity index (χ1v) is 10.4. The van der Waals surface area contributed by atoms with Gasteiger partial charge in [-0.3, -0.25) is 18.7 Å². The minimum atomic E-state index is -1.52. The molecule has 0 radical (unpaired) electrons. The van der Waals surface area contributed by atoms with Crippen molar-refractivity contribution in [1.29, 1.82) is 0 Å². The first kappa shape index (κ1) is 19.6. The number of nitrogens with zero attached hydrogens (tertiary/aromatic N) is 1. The topological polar surface area (TPSA) is 113 Å². The highest BCUT2D eigenvalue weighted by molar-refractivity contribution is 8.00. The molecule has 1 saturated heterocycles. The summed E-state index contributed by atoms with van der Waals surface area (Å²) >= 11 is 1.36. The predicted molar refractivity (Wildman–Crippen MR) is 99.3 cm³/mol. The maximum Gasteiger partial charge on any atom is 0.352 e. The van der Waals surface area contributed by atoms with E-state index >= 15 is 0 Å². The number of carboxylic acids is 1. The number of nitrogens with one attached hydrogen (secondary N) is 1. The van der Waals surface area contributed by atoms with Crippen LogP contribution in [0, 0.1) is 0 Å². The number of aliphatic carboxylic acids is 1. The molecule has 27 heavy (non-hydrogen) atoms. The summed E-state index contributed by atoms with van der Waals surface area (Å²) in [7, 11) is -0.0599. The quantitative estimate of drug-likeness (QED) is 0.617. The van der Waals surface area contributed by atoms with Crippen LogP contribution >= 0.6 is 11.8 Å². The van der Waals surface area contributed by atoms with Gasteiger partial charge in [-0.15, -0.1) is 11.8 Å². The van der Waals surface area contributed by atoms with Crippen LogP contribution in [-0.2, 0) is 29.9 Å². The van der Waals surface area contributed by atoms with Crippen LogP contribution < -0.4 is 5.32 Å². The zero-order chi connectivity index (χ0) is 19.6. The summed E-state index contributed by atoms with van der Waals surface area (Å²) in [6.45, 7) is 0.123. The van der Waals surface area contributed by atoms with Crippen molar-refractivity contribution in [3.63, 3.8) is 0 Å². The molecule has 1 aromatic rings. The van der Waals surface area contributed by atoms with E-state index in [0.717, 1.165) is 0 Å². The lowest BCUT2D eigenvalue weighted by Crippen LogP contribution is -2.70. The molecule has 2 heterocycles. The number of methoxy groups -OCH3 is 1. The number of fused-ring (bicyclic) bond motifs is 1. The Morgan fingerprint density at radius 2 is 2.07 bits per heavy atom. The van der Waals surface area contributed by atoms with Gasteiger partial charge in [-0.1, -0.05) is 18.2 Å². The van der Waals surface area contributed by atoms with Crippen molar-refractivity contribution < 1.29 is 28.4 Å². The Kier molecular flexibility index (Phi) is 5.98. The van der Waals surface area contributed by atoms with Crippen LogP contribution in [-0.4, -0.2) is 68.6 Å². The molecule has 0 aliphatic carbocycles. The van der Waals surface area contributed by atoms with E-state index in [4.69, 9.17) is 4.74 Å². The minimum absolute atomic E-state index is 0.0797. The zero-order valence-corrected chi connectivity index (χ0v) is 16.0. The third-order valence-corrected chi connectivity index (χ3v) is 6.82. The van der Waals surface area contributed by atoms with Gasteiger partial charge in [0.05, 0.1) is 17.4 Å². The zero-order valence-electron chi connectivity index (χ0n) is 14.4. The van der Waals surface area contributed by atoms with Crippen LogP contribution in [0.5, 0.6) is 0 Å². The molecule has 2 aliphatic rings.